The molecule has 0 amide bonds. The standard InChI is InChI=1S/C14H15N3O/c1-11(2)16-13-5-3-4-10-17(13)14(18)12-6-8-15-9-7-12/h3-11H,1-2H3. The Morgan fingerprint density at radius 2 is 1.94 bits per heavy atom. The van der Waals surface area contributed by atoms with Crippen LogP contribution in [-0.4, -0.2) is 21.5 Å². The van der Waals surface area contributed by atoms with Crippen molar-refractivity contribution < 1.29 is 4.79 Å². The summed E-state index contributed by atoms with van der Waals surface area (Å²) in [6.07, 6.45) is 4.94. The average molecular weight is 241 g/mol. The van der Waals surface area contributed by atoms with Crippen molar-refractivity contribution in [2.75, 3.05) is 0 Å². The van der Waals surface area contributed by atoms with Crippen molar-refractivity contribution in [1.82, 2.24) is 9.55 Å². The van der Waals surface area contributed by atoms with Crippen LogP contribution in [-0.2, 0) is 0 Å². The maximum absolute atomic E-state index is 12.3. The summed E-state index contributed by atoms with van der Waals surface area (Å²) in [6, 6.07) is 9.06. The van der Waals surface area contributed by atoms with E-state index in [1.54, 1.807) is 35.3 Å². The second-order valence-electron chi connectivity index (χ2n) is 4.19. The summed E-state index contributed by atoms with van der Waals surface area (Å²) in [6.45, 7) is 3.96. The first-order chi connectivity index (χ1) is 8.68. The normalized spacial score (nSPS) is 11.8. The second-order valence-corrected chi connectivity index (χ2v) is 4.19. The number of rotatable bonds is 2. The smallest absolute Gasteiger partial charge is 0.263 e. The van der Waals surface area contributed by atoms with Crippen LogP contribution in [0.3, 0.4) is 0 Å². The molecule has 4 heteroatoms. The Morgan fingerprint density at radius 1 is 1.22 bits per heavy atom. The van der Waals surface area contributed by atoms with Crippen molar-refractivity contribution in [1.29, 1.82) is 0 Å². The minimum absolute atomic E-state index is 0.0996. The minimum Gasteiger partial charge on any atom is -0.268 e. The molecular weight excluding hydrogens is 226 g/mol. The monoisotopic (exact) mass is 241 g/mol. The molecule has 0 saturated heterocycles. The zero-order valence-electron chi connectivity index (χ0n) is 10.4. The van der Waals surface area contributed by atoms with E-state index in [2.05, 4.69) is 9.98 Å². The van der Waals surface area contributed by atoms with E-state index < -0.39 is 0 Å². The molecule has 0 N–H and O–H groups in total. The Hall–Kier alpha value is -2.23. The molecule has 0 spiro atoms. The van der Waals surface area contributed by atoms with Gasteiger partial charge in [0.05, 0.1) is 0 Å². The van der Waals surface area contributed by atoms with Crippen molar-refractivity contribution in [3.63, 3.8) is 0 Å². The Morgan fingerprint density at radius 3 is 2.61 bits per heavy atom. The summed E-state index contributed by atoms with van der Waals surface area (Å²) < 4.78 is 1.55. The van der Waals surface area contributed by atoms with E-state index in [1.807, 2.05) is 32.0 Å². The topological polar surface area (TPSA) is 47.2 Å². The van der Waals surface area contributed by atoms with E-state index in [9.17, 15) is 4.79 Å². The molecule has 0 saturated carbocycles. The maximum atomic E-state index is 12.3. The van der Waals surface area contributed by atoms with Crippen LogP contribution in [0.1, 0.15) is 24.2 Å². The van der Waals surface area contributed by atoms with Gasteiger partial charge in [-0.25, -0.2) is 0 Å². The number of carbonyl (C=O) groups excluding carboxylic acids is 1. The van der Waals surface area contributed by atoms with E-state index in [0.29, 0.717) is 11.1 Å². The lowest BCUT2D eigenvalue weighted by molar-refractivity contribution is 0.0954. The van der Waals surface area contributed by atoms with Gasteiger partial charge in [-0.1, -0.05) is 6.07 Å². The number of pyridine rings is 2. The highest BCUT2D eigenvalue weighted by atomic mass is 16.2. The molecule has 18 heavy (non-hydrogen) atoms. The highest BCUT2D eigenvalue weighted by Crippen LogP contribution is 1.99. The third kappa shape index (κ3) is 2.71. The molecule has 2 rings (SSSR count). The summed E-state index contributed by atoms with van der Waals surface area (Å²) in [5.74, 6) is -0.0996. The predicted molar refractivity (Wildman–Crippen MR) is 69.1 cm³/mol. The molecule has 4 nitrogen and oxygen atoms in total. The zero-order valence-corrected chi connectivity index (χ0v) is 10.4. The lowest BCUT2D eigenvalue weighted by Gasteiger charge is -2.06. The van der Waals surface area contributed by atoms with Crippen molar-refractivity contribution in [3.8, 4) is 0 Å². The molecule has 0 atom stereocenters. The van der Waals surface area contributed by atoms with E-state index in [1.165, 1.54) is 0 Å². The highest BCUT2D eigenvalue weighted by molar-refractivity contribution is 5.95. The van der Waals surface area contributed by atoms with E-state index in [0.717, 1.165) is 0 Å². The van der Waals surface area contributed by atoms with Crippen LogP contribution in [0.4, 0.5) is 0 Å². The van der Waals surface area contributed by atoms with Gasteiger partial charge in [0.15, 0.2) is 0 Å². The van der Waals surface area contributed by atoms with E-state index >= 15 is 0 Å². The quantitative estimate of drug-likeness (QED) is 0.806. The summed E-state index contributed by atoms with van der Waals surface area (Å²) in [5.41, 5.74) is 1.26. The zero-order chi connectivity index (χ0) is 13.0. The molecule has 0 fully saturated rings. The molecule has 2 heterocycles. The number of aromatic nitrogens is 2. The largest absolute Gasteiger partial charge is 0.268 e. The summed E-state index contributed by atoms with van der Waals surface area (Å²) in [4.78, 5) is 20.7. The third-order valence-electron chi connectivity index (χ3n) is 2.37. The van der Waals surface area contributed by atoms with E-state index in [4.69, 9.17) is 0 Å². The Labute approximate surface area is 106 Å². The van der Waals surface area contributed by atoms with Gasteiger partial charge < -0.3 is 0 Å². The fraction of sp³-hybridized carbons (Fsp3) is 0.214. The SMILES string of the molecule is CC(C)N=c1ccccn1C(=O)c1ccncc1. The maximum Gasteiger partial charge on any atom is 0.263 e. The molecular formula is C14H15N3O. The summed E-state index contributed by atoms with van der Waals surface area (Å²) in [7, 11) is 0. The van der Waals surface area contributed by atoms with Gasteiger partial charge in [-0.3, -0.25) is 19.3 Å². The molecule has 0 aromatic carbocycles. The lowest BCUT2D eigenvalue weighted by Crippen LogP contribution is -2.28. The lowest BCUT2D eigenvalue weighted by atomic mass is 10.2. The van der Waals surface area contributed by atoms with Crippen molar-refractivity contribution in [2.45, 2.75) is 19.9 Å². The molecule has 0 bridgehead atoms. The molecule has 0 aliphatic carbocycles. The summed E-state index contributed by atoms with van der Waals surface area (Å²) >= 11 is 0. The first kappa shape index (κ1) is 12.2. The Kier molecular flexibility index (Phi) is 3.67. The third-order valence-corrected chi connectivity index (χ3v) is 2.37. The Balaban J connectivity index is 2.50. The van der Waals surface area contributed by atoms with Gasteiger partial charge in [0.1, 0.15) is 5.49 Å². The van der Waals surface area contributed by atoms with Gasteiger partial charge in [-0.05, 0) is 38.1 Å². The molecule has 0 aliphatic heterocycles. The van der Waals surface area contributed by atoms with Crippen molar-refractivity contribution in [3.05, 3.63) is 60.0 Å². The molecule has 0 radical (unpaired) electrons. The second kappa shape index (κ2) is 5.40. The van der Waals surface area contributed by atoms with Gasteiger partial charge in [-0.15, -0.1) is 0 Å². The van der Waals surface area contributed by atoms with Gasteiger partial charge >= 0.3 is 0 Å². The van der Waals surface area contributed by atoms with Crippen LogP contribution in [0.15, 0.2) is 53.9 Å². The first-order valence-electron chi connectivity index (χ1n) is 5.85. The van der Waals surface area contributed by atoms with Crippen LogP contribution >= 0.6 is 0 Å². The number of hydrogen-bond donors (Lipinski definition) is 0. The minimum atomic E-state index is -0.0996. The molecule has 2 aromatic rings. The number of nitrogens with zero attached hydrogens (tertiary/aromatic N) is 3. The fourth-order valence-electron chi connectivity index (χ4n) is 1.61. The molecule has 0 aliphatic rings. The van der Waals surface area contributed by atoms with E-state index in [-0.39, 0.29) is 11.9 Å². The summed E-state index contributed by atoms with van der Waals surface area (Å²) in [5, 5.41) is 0. The number of hydrogen-bond acceptors (Lipinski definition) is 3. The fourth-order valence-corrected chi connectivity index (χ4v) is 1.61. The van der Waals surface area contributed by atoms with Crippen LogP contribution in [0.2, 0.25) is 0 Å². The first-order valence-corrected chi connectivity index (χ1v) is 5.85. The van der Waals surface area contributed by atoms with Gasteiger partial charge in [0.2, 0.25) is 0 Å². The molecule has 0 unspecified atom stereocenters. The molecule has 2 aromatic heterocycles. The van der Waals surface area contributed by atoms with Crippen LogP contribution in [0.25, 0.3) is 0 Å². The average Bonchev–Trinajstić information content (AvgIpc) is 2.39. The predicted octanol–water partition coefficient (Wildman–Crippen LogP) is 1.88. The Bertz CT molecular complexity index is 600. The van der Waals surface area contributed by atoms with Crippen LogP contribution in [0, 0.1) is 0 Å². The van der Waals surface area contributed by atoms with Crippen LogP contribution in [0.5, 0.6) is 0 Å². The van der Waals surface area contributed by atoms with Crippen molar-refractivity contribution in [2.24, 2.45) is 4.99 Å². The highest BCUT2D eigenvalue weighted by Gasteiger charge is 2.07. The van der Waals surface area contributed by atoms with Gasteiger partial charge in [0, 0.05) is 30.2 Å². The number of carbonyl (C=O) groups is 1. The van der Waals surface area contributed by atoms with Crippen molar-refractivity contribution >= 4 is 5.91 Å². The molecule has 92 valence electrons. The van der Waals surface area contributed by atoms with Gasteiger partial charge in [-0.2, -0.15) is 0 Å². The van der Waals surface area contributed by atoms with Crippen LogP contribution < -0.4 is 5.49 Å². The van der Waals surface area contributed by atoms with Gasteiger partial charge in [0.25, 0.3) is 5.91 Å².